The highest BCUT2D eigenvalue weighted by atomic mass is 32.2. The topological polar surface area (TPSA) is 63.7 Å². The van der Waals surface area contributed by atoms with Crippen molar-refractivity contribution in [1.29, 1.82) is 0 Å². The second-order valence-corrected chi connectivity index (χ2v) is 9.12. The van der Waals surface area contributed by atoms with E-state index in [1.807, 2.05) is 32.0 Å². The van der Waals surface area contributed by atoms with Crippen molar-refractivity contribution in [3.8, 4) is 5.75 Å². The van der Waals surface area contributed by atoms with Gasteiger partial charge in [-0.1, -0.05) is 18.2 Å². The number of aryl methyl sites for hydroxylation is 2. The van der Waals surface area contributed by atoms with Gasteiger partial charge in [0.15, 0.2) is 0 Å². The molecule has 3 aromatic carbocycles. The van der Waals surface area contributed by atoms with Crippen LogP contribution >= 0.6 is 0 Å². The SMILES string of the molecule is COc1ccc(C(=O)C2=CN(c3cc(C)cc(C)c3)c3ccccc3S2(=O)=O)cc1. The van der Waals surface area contributed by atoms with Crippen molar-refractivity contribution in [3.63, 3.8) is 0 Å². The maximum Gasteiger partial charge on any atom is 0.214 e. The van der Waals surface area contributed by atoms with Crippen LogP contribution in [0.25, 0.3) is 0 Å². The molecule has 3 aromatic rings. The van der Waals surface area contributed by atoms with Crippen molar-refractivity contribution in [2.45, 2.75) is 18.7 Å². The molecule has 0 bridgehead atoms. The number of nitrogens with zero attached hydrogens (tertiary/aromatic N) is 1. The van der Waals surface area contributed by atoms with Crippen LogP contribution in [0.1, 0.15) is 21.5 Å². The number of para-hydroxylation sites is 1. The van der Waals surface area contributed by atoms with Crippen LogP contribution in [-0.4, -0.2) is 21.3 Å². The Bertz CT molecular complexity index is 1250. The minimum atomic E-state index is -3.97. The van der Waals surface area contributed by atoms with Crippen LogP contribution in [0.5, 0.6) is 5.75 Å². The van der Waals surface area contributed by atoms with Crippen molar-refractivity contribution >= 4 is 27.0 Å². The number of anilines is 2. The van der Waals surface area contributed by atoms with Crippen molar-refractivity contribution in [1.82, 2.24) is 0 Å². The second-order valence-electron chi connectivity index (χ2n) is 7.24. The molecule has 0 saturated heterocycles. The molecule has 0 N–H and O–H groups in total. The highest BCUT2D eigenvalue weighted by Gasteiger charge is 2.36. The number of carbonyl (C=O) groups is 1. The molecular weight excluding hydrogens is 398 g/mol. The normalized spacial score (nSPS) is 14.6. The average Bonchev–Trinajstić information content (AvgIpc) is 2.73. The lowest BCUT2D eigenvalue weighted by molar-refractivity contribution is 0.104. The summed E-state index contributed by atoms with van der Waals surface area (Å²) in [7, 11) is -2.44. The third-order valence-corrected chi connectivity index (χ3v) is 6.80. The molecule has 0 aromatic heterocycles. The van der Waals surface area contributed by atoms with E-state index < -0.39 is 15.6 Å². The number of hydrogen-bond donors (Lipinski definition) is 0. The Morgan fingerprint density at radius 3 is 2.17 bits per heavy atom. The van der Waals surface area contributed by atoms with Gasteiger partial charge in [0.1, 0.15) is 10.7 Å². The predicted octanol–water partition coefficient (Wildman–Crippen LogP) is 4.96. The van der Waals surface area contributed by atoms with Gasteiger partial charge in [-0.25, -0.2) is 8.42 Å². The van der Waals surface area contributed by atoms with Gasteiger partial charge in [-0.05, 0) is 73.5 Å². The number of rotatable bonds is 4. The first-order valence-electron chi connectivity index (χ1n) is 9.43. The van der Waals surface area contributed by atoms with Crippen molar-refractivity contribution in [2.75, 3.05) is 12.0 Å². The van der Waals surface area contributed by atoms with E-state index in [1.54, 1.807) is 47.4 Å². The minimum absolute atomic E-state index is 0.114. The summed E-state index contributed by atoms with van der Waals surface area (Å²) in [6.07, 6.45) is 1.43. The molecular formula is C24H21NO4S. The third-order valence-electron chi connectivity index (χ3n) is 5.01. The van der Waals surface area contributed by atoms with Gasteiger partial charge in [-0.15, -0.1) is 0 Å². The Hall–Kier alpha value is -3.38. The average molecular weight is 420 g/mol. The van der Waals surface area contributed by atoms with Crippen LogP contribution in [-0.2, 0) is 9.84 Å². The largest absolute Gasteiger partial charge is 0.497 e. The summed E-state index contributed by atoms with van der Waals surface area (Å²) in [6.45, 7) is 3.96. The molecule has 0 aliphatic carbocycles. The molecule has 5 nitrogen and oxygen atoms in total. The Balaban J connectivity index is 1.90. The zero-order valence-electron chi connectivity index (χ0n) is 16.9. The standard InChI is InChI=1S/C24H21NO4S/c1-16-12-17(2)14-19(13-16)25-15-23(24(26)18-8-10-20(29-3)11-9-18)30(27,28)22-7-5-4-6-21(22)25/h4-15H,1-3H3. The van der Waals surface area contributed by atoms with E-state index in [2.05, 4.69) is 0 Å². The zero-order chi connectivity index (χ0) is 21.5. The van der Waals surface area contributed by atoms with Crippen molar-refractivity contribution in [3.05, 3.63) is 94.5 Å². The maximum atomic E-state index is 13.3. The summed E-state index contributed by atoms with van der Waals surface area (Å²) in [6, 6.07) is 19.1. The Morgan fingerprint density at radius 1 is 0.900 bits per heavy atom. The quantitative estimate of drug-likeness (QED) is 0.559. The Labute approximate surface area is 176 Å². The molecule has 152 valence electrons. The molecule has 0 radical (unpaired) electrons. The molecule has 1 heterocycles. The van der Waals surface area contributed by atoms with E-state index in [-0.39, 0.29) is 15.4 Å². The molecule has 1 aliphatic heterocycles. The lowest BCUT2D eigenvalue weighted by Crippen LogP contribution is -2.25. The van der Waals surface area contributed by atoms with Crippen molar-refractivity contribution < 1.29 is 17.9 Å². The van der Waals surface area contributed by atoms with E-state index in [4.69, 9.17) is 4.74 Å². The van der Waals surface area contributed by atoms with Gasteiger partial charge in [0.2, 0.25) is 15.6 Å². The Kier molecular flexibility index (Phi) is 4.95. The minimum Gasteiger partial charge on any atom is -0.497 e. The third kappa shape index (κ3) is 3.39. The van der Waals surface area contributed by atoms with E-state index in [0.717, 1.165) is 16.8 Å². The molecule has 6 heteroatoms. The van der Waals surface area contributed by atoms with Crippen LogP contribution in [0, 0.1) is 13.8 Å². The number of carbonyl (C=O) groups excluding carboxylic acids is 1. The van der Waals surface area contributed by atoms with Gasteiger partial charge in [0.25, 0.3) is 0 Å². The van der Waals surface area contributed by atoms with Crippen LogP contribution < -0.4 is 9.64 Å². The number of fused-ring (bicyclic) bond motifs is 1. The van der Waals surface area contributed by atoms with Crippen molar-refractivity contribution in [2.24, 2.45) is 0 Å². The second kappa shape index (κ2) is 7.46. The molecule has 0 unspecified atom stereocenters. The lowest BCUT2D eigenvalue weighted by Gasteiger charge is -2.29. The fourth-order valence-electron chi connectivity index (χ4n) is 3.63. The van der Waals surface area contributed by atoms with Gasteiger partial charge in [0, 0.05) is 17.5 Å². The van der Waals surface area contributed by atoms with Crippen LogP contribution in [0.2, 0.25) is 0 Å². The maximum absolute atomic E-state index is 13.3. The number of hydrogen-bond acceptors (Lipinski definition) is 5. The van der Waals surface area contributed by atoms with E-state index in [1.165, 1.54) is 19.4 Å². The molecule has 0 amide bonds. The number of benzene rings is 3. The number of sulfone groups is 1. The van der Waals surface area contributed by atoms with Crippen LogP contribution in [0.3, 0.4) is 0 Å². The zero-order valence-corrected chi connectivity index (χ0v) is 17.7. The van der Waals surface area contributed by atoms with Gasteiger partial charge >= 0.3 is 0 Å². The number of allylic oxidation sites excluding steroid dienone is 1. The summed E-state index contributed by atoms with van der Waals surface area (Å²) >= 11 is 0. The molecule has 0 atom stereocenters. The molecule has 4 rings (SSSR count). The lowest BCUT2D eigenvalue weighted by atomic mass is 10.1. The highest BCUT2D eigenvalue weighted by Crippen LogP contribution is 2.40. The van der Waals surface area contributed by atoms with Gasteiger partial charge < -0.3 is 9.64 Å². The summed E-state index contributed by atoms with van der Waals surface area (Å²) in [5, 5.41) is 0. The predicted molar refractivity (Wildman–Crippen MR) is 117 cm³/mol. The first-order valence-corrected chi connectivity index (χ1v) is 10.9. The van der Waals surface area contributed by atoms with Crippen LogP contribution in [0.15, 0.2) is 82.7 Å². The van der Waals surface area contributed by atoms with Gasteiger partial charge in [0.05, 0.1) is 17.7 Å². The van der Waals surface area contributed by atoms with Gasteiger partial charge in [-0.2, -0.15) is 0 Å². The first-order chi connectivity index (χ1) is 14.3. The molecule has 0 spiro atoms. The molecule has 0 saturated carbocycles. The highest BCUT2D eigenvalue weighted by molar-refractivity contribution is 7.96. The first kappa shape index (κ1) is 19.9. The summed E-state index contributed by atoms with van der Waals surface area (Å²) < 4.78 is 31.8. The van der Waals surface area contributed by atoms with Gasteiger partial charge in [-0.3, -0.25) is 4.79 Å². The Morgan fingerprint density at radius 2 is 1.53 bits per heavy atom. The summed E-state index contributed by atoms with van der Waals surface area (Å²) in [5.74, 6) is 0.0378. The number of methoxy groups -OCH3 is 1. The summed E-state index contributed by atoms with van der Waals surface area (Å²) in [5.41, 5.74) is 3.70. The number of Topliss-reactive ketones (excluding diaryl/α,β-unsaturated/α-hetero) is 1. The summed E-state index contributed by atoms with van der Waals surface area (Å²) in [4.78, 5) is 14.8. The number of ether oxygens (including phenoxy) is 1. The number of ketones is 1. The molecule has 0 fully saturated rings. The smallest absolute Gasteiger partial charge is 0.214 e. The van der Waals surface area contributed by atoms with E-state index in [0.29, 0.717) is 11.4 Å². The fraction of sp³-hybridized carbons (Fsp3) is 0.125. The monoisotopic (exact) mass is 419 g/mol. The fourth-order valence-corrected chi connectivity index (χ4v) is 5.17. The van der Waals surface area contributed by atoms with Crippen LogP contribution in [0.4, 0.5) is 11.4 Å². The molecule has 1 aliphatic rings. The van der Waals surface area contributed by atoms with E-state index in [9.17, 15) is 13.2 Å². The molecule has 30 heavy (non-hydrogen) atoms. The van der Waals surface area contributed by atoms with E-state index >= 15 is 0 Å².